The zero-order chi connectivity index (χ0) is 15.9. The van der Waals surface area contributed by atoms with Crippen LogP contribution in [0.5, 0.6) is 5.75 Å². The lowest BCUT2D eigenvalue weighted by Crippen LogP contribution is -2.38. The number of thiophene rings is 1. The highest BCUT2D eigenvalue weighted by atomic mass is 32.1. The van der Waals surface area contributed by atoms with Gasteiger partial charge in [-0.1, -0.05) is 37.3 Å². The Morgan fingerprint density at radius 2 is 2.05 bits per heavy atom. The molecule has 118 valence electrons. The Morgan fingerprint density at radius 1 is 1.32 bits per heavy atom. The second kappa shape index (κ2) is 7.96. The molecule has 0 saturated carbocycles. The van der Waals surface area contributed by atoms with Crippen LogP contribution < -0.4 is 15.4 Å². The third-order valence-electron chi connectivity index (χ3n) is 3.30. The number of methoxy groups -OCH3 is 1. The van der Waals surface area contributed by atoms with E-state index in [1.807, 2.05) is 50.2 Å². The molecule has 5 heteroatoms. The second-order valence-corrected chi connectivity index (χ2v) is 6.10. The van der Waals surface area contributed by atoms with Crippen molar-refractivity contribution in [1.82, 2.24) is 10.6 Å². The minimum Gasteiger partial charge on any atom is -0.495 e. The Hall–Kier alpha value is -1.85. The lowest BCUT2D eigenvalue weighted by Gasteiger charge is -2.13. The average molecular weight is 318 g/mol. The first kappa shape index (κ1) is 16.5. The highest BCUT2D eigenvalue weighted by molar-refractivity contribution is 7.17. The van der Waals surface area contributed by atoms with E-state index in [2.05, 4.69) is 10.6 Å². The van der Waals surface area contributed by atoms with E-state index in [9.17, 15) is 4.79 Å². The van der Waals surface area contributed by atoms with E-state index in [1.165, 1.54) is 11.3 Å². The number of likely N-dealkylation sites (N-methyl/N-ethyl adjacent to an activating group) is 1. The van der Waals surface area contributed by atoms with Gasteiger partial charge < -0.3 is 15.4 Å². The number of amides is 1. The molecule has 1 heterocycles. The van der Waals surface area contributed by atoms with E-state index < -0.39 is 0 Å². The Balaban J connectivity index is 2.13. The topological polar surface area (TPSA) is 50.4 Å². The molecule has 1 aromatic carbocycles. The fourth-order valence-electron chi connectivity index (χ4n) is 2.18. The first-order valence-electron chi connectivity index (χ1n) is 7.40. The SMILES string of the molecule is CCN[C@H](C)CNC(=O)c1sc(-c2ccccc2)cc1OC. The van der Waals surface area contributed by atoms with E-state index in [4.69, 9.17) is 4.74 Å². The molecular weight excluding hydrogens is 296 g/mol. The van der Waals surface area contributed by atoms with Crippen molar-refractivity contribution >= 4 is 17.2 Å². The molecule has 2 rings (SSSR count). The monoisotopic (exact) mass is 318 g/mol. The van der Waals surface area contributed by atoms with Gasteiger partial charge in [0.15, 0.2) is 0 Å². The summed E-state index contributed by atoms with van der Waals surface area (Å²) in [6.45, 7) is 5.57. The maximum absolute atomic E-state index is 12.4. The molecule has 0 unspecified atom stereocenters. The largest absolute Gasteiger partial charge is 0.495 e. The summed E-state index contributed by atoms with van der Waals surface area (Å²) in [4.78, 5) is 14.0. The third kappa shape index (κ3) is 4.08. The van der Waals surface area contributed by atoms with Gasteiger partial charge in [-0.15, -0.1) is 11.3 Å². The fourth-order valence-corrected chi connectivity index (χ4v) is 3.22. The van der Waals surface area contributed by atoms with Crippen LogP contribution in [-0.2, 0) is 0 Å². The highest BCUT2D eigenvalue weighted by Crippen LogP contribution is 2.36. The van der Waals surface area contributed by atoms with Crippen LogP contribution in [0.25, 0.3) is 10.4 Å². The average Bonchev–Trinajstić information content (AvgIpc) is 2.98. The first-order valence-corrected chi connectivity index (χ1v) is 8.22. The standard InChI is InChI=1S/C17H22N2O2S/c1-4-18-12(2)11-19-17(20)16-14(21-3)10-15(22-16)13-8-6-5-7-9-13/h5-10,12,18H,4,11H2,1-3H3,(H,19,20)/t12-/m1/s1. The second-order valence-electron chi connectivity index (χ2n) is 5.04. The summed E-state index contributed by atoms with van der Waals surface area (Å²) in [6, 6.07) is 12.2. The summed E-state index contributed by atoms with van der Waals surface area (Å²) < 4.78 is 5.36. The summed E-state index contributed by atoms with van der Waals surface area (Å²) in [7, 11) is 1.59. The molecule has 0 saturated heterocycles. The van der Waals surface area contributed by atoms with Gasteiger partial charge in [-0.25, -0.2) is 0 Å². The number of hydrogen-bond acceptors (Lipinski definition) is 4. The zero-order valence-electron chi connectivity index (χ0n) is 13.2. The predicted molar refractivity (Wildman–Crippen MR) is 91.8 cm³/mol. The molecule has 0 bridgehead atoms. The van der Waals surface area contributed by atoms with Gasteiger partial charge in [0.25, 0.3) is 5.91 Å². The fraction of sp³-hybridized carbons (Fsp3) is 0.353. The molecular formula is C17H22N2O2S. The smallest absolute Gasteiger partial charge is 0.265 e. The molecule has 0 aliphatic heterocycles. The molecule has 4 nitrogen and oxygen atoms in total. The minimum atomic E-state index is -0.0891. The van der Waals surface area contributed by atoms with Crippen LogP contribution in [-0.4, -0.2) is 32.1 Å². The summed E-state index contributed by atoms with van der Waals surface area (Å²) in [5.74, 6) is 0.534. The van der Waals surface area contributed by atoms with Gasteiger partial charge in [0.05, 0.1) is 7.11 Å². The van der Waals surface area contributed by atoms with Crippen LogP contribution >= 0.6 is 11.3 Å². The summed E-state index contributed by atoms with van der Waals surface area (Å²) in [5.41, 5.74) is 1.09. The van der Waals surface area contributed by atoms with Crippen molar-refractivity contribution in [2.75, 3.05) is 20.2 Å². The summed E-state index contributed by atoms with van der Waals surface area (Å²) >= 11 is 1.45. The van der Waals surface area contributed by atoms with Gasteiger partial charge in [-0.3, -0.25) is 4.79 Å². The molecule has 0 aliphatic carbocycles. The van der Waals surface area contributed by atoms with Crippen LogP contribution in [0.4, 0.5) is 0 Å². The normalized spacial score (nSPS) is 12.0. The van der Waals surface area contributed by atoms with Crippen molar-refractivity contribution in [1.29, 1.82) is 0 Å². The van der Waals surface area contributed by atoms with Gasteiger partial charge in [-0.05, 0) is 25.1 Å². The molecule has 0 aliphatic rings. The Labute approximate surface area is 135 Å². The predicted octanol–water partition coefficient (Wildman–Crippen LogP) is 3.15. The van der Waals surface area contributed by atoms with E-state index in [0.717, 1.165) is 17.0 Å². The highest BCUT2D eigenvalue weighted by Gasteiger charge is 2.18. The Morgan fingerprint density at radius 3 is 2.68 bits per heavy atom. The van der Waals surface area contributed by atoms with Gasteiger partial charge in [0.1, 0.15) is 10.6 Å². The van der Waals surface area contributed by atoms with Crippen molar-refractivity contribution < 1.29 is 9.53 Å². The number of benzene rings is 1. The van der Waals surface area contributed by atoms with E-state index in [1.54, 1.807) is 7.11 Å². The lowest BCUT2D eigenvalue weighted by atomic mass is 10.2. The summed E-state index contributed by atoms with van der Waals surface area (Å²) in [6.07, 6.45) is 0. The Kier molecular flexibility index (Phi) is 5.98. The van der Waals surface area contributed by atoms with Gasteiger partial charge >= 0.3 is 0 Å². The first-order chi connectivity index (χ1) is 10.7. The number of ether oxygens (including phenoxy) is 1. The van der Waals surface area contributed by atoms with Crippen molar-refractivity contribution in [2.24, 2.45) is 0 Å². The van der Waals surface area contributed by atoms with E-state index in [0.29, 0.717) is 17.2 Å². The van der Waals surface area contributed by atoms with Crippen LogP contribution in [0.2, 0.25) is 0 Å². The number of carbonyl (C=O) groups excluding carboxylic acids is 1. The number of carbonyl (C=O) groups is 1. The van der Waals surface area contributed by atoms with E-state index >= 15 is 0 Å². The maximum atomic E-state index is 12.4. The minimum absolute atomic E-state index is 0.0891. The summed E-state index contributed by atoms with van der Waals surface area (Å²) in [5, 5.41) is 6.22. The van der Waals surface area contributed by atoms with Crippen LogP contribution in [0.3, 0.4) is 0 Å². The molecule has 2 N–H and O–H groups in total. The quantitative estimate of drug-likeness (QED) is 0.824. The number of hydrogen-bond donors (Lipinski definition) is 2. The van der Waals surface area contributed by atoms with Crippen molar-refractivity contribution in [3.8, 4) is 16.2 Å². The van der Waals surface area contributed by atoms with E-state index in [-0.39, 0.29) is 11.9 Å². The molecule has 0 radical (unpaired) electrons. The van der Waals surface area contributed by atoms with Crippen LogP contribution in [0.1, 0.15) is 23.5 Å². The third-order valence-corrected chi connectivity index (χ3v) is 4.47. The molecule has 0 spiro atoms. The van der Waals surface area contributed by atoms with Crippen molar-refractivity contribution in [2.45, 2.75) is 19.9 Å². The molecule has 2 aromatic rings. The molecule has 0 fully saturated rings. The molecule has 1 amide bonds. The molecule has 1 atom stereocenters. The van der Waals surface area contributed by atoms with Crippen LogP contribution in [0, 0.1) is 0 Å². The maximum Gasteiger partial charge on any atom is 0.265 e. The number of rotatable bonds is 7. The van der Waals surface area contributed by atoms with Crippen LogP contribution in [0.15, 0.2) is 36.4 Å². The molecule has 22 heavy (non-hydrogen) atoms. The van der Waals surface area contributed by atoms with Crippen molar-refractivity contribution in [3.05, 3.63) is 41.3 Å². The lowest BCUT2D eigenvalue weighted by molar-refractivity contribution is 0.0951. The zero-order valence-corrected chi connectivity index (χ0v) is 14.0. The van der Waals surface area contributed by atoms with Gasteiger partial charge in [0.2, 0.25) is 0 Å². The number of nitrogens with one attached hydrogen (secondary N) is 2. The molecule has 1 aromatic heterocycles. The van der Waals surface area contributed by atoms with Crippen molar-refractivity contribution in [3.63, 3.8) is 0 Å². The van der Waals surface area contributed by atoms with Gasteiger partial charge in [-0.2, -0.15) is 0 Å². The Bertz CT molecular complexity index is 610. The van der Waals surface area contributed by atoms with Gasteiger partial charge in [0, 0.05) is 17.5 Å².